The van der Waals surface area contributed by atoms with Gasteiger partial charge in [-0.3, -0.25) is 4.68 Å². The Bertz CT molecular complexity index is 1030. The van der Waals surface area contributed by atoms with Gasteiger partial charge in [-0.1, -0.05) is 24.3 Å². The van der Waals surface area contributed by atoms with Crippen LogP contribution in [0.25, 0.3) is 0 Å². The minimum Gasteiger partial charge on any atom is -0.493 e. The lowest BCUT2D eigenvalue weighted by molar-refractivity contribution is 0.0616. The van der Waals surface area contributed by atoms with E-state index >= 15 is 0 Å². The molecule has 3 rings (SSSR count). The third kappa shape index (κ3) is 6.24. The molecule has 8 heteroatoms. The van der Waals surface area contributed by atoms with Crippen LogP contribution in [0.1, 0.15) is 25.0 Å². The molecule has 0 spiro atoms. The highest BCUT2D eigenvalue weighted by Gasteiger charge is 2.25. The summed E-state index contributed by atoms with van der Waals surface area (Å²) in [5, 5.41) is 21.3. The first-order chi connectivity index (χ1) is 15.4. The van der Waals surface area contributed by atoms with Crippen LogP contribution < -0.4 is 20.1 Å². The quantitative estimate of drug-likeness (QED) is 0.352. The SMILES string of the molecule is CCNC(=NCc1ccc(Oc2ccccc2OC)cc1)NCC(C)(O)c1cnn(C)c1. The molecule has 0 aliphatic carbocycles. The number of methoxy groups -OCH3 is 1. The van der Waals surface area contributed by atoms with Crippen molar-refractivity contribution in [1.29, 1.82) is 0 Å². The molecule has 0 amide bonds. The molecule has 1 atom stereocenters. The first kappa shape index (κ1) is 23.1. The maximum Gasteiger partial charge on any atom is 0.191 e. The minimum atomic E-state index is -1.07. The number of rotatable bonds is 9. The van der Waals surface area contributed by atoms with Crippen LogP contribution in [-0.2, 0) is 19.2 Å². The van der Waals surface area contributed by atoms with Crippen molar-refractivity contribution in [3.8, 4) is 17.2 Å². The van der Waals surface area contributed by atoms with Gasteiger partial charge in [0, 0.05) is 25.4 Å². The van der Waals surface area contributed by atoms with E-state index in [1.807, 2.05) is 62.5 Å². The topological polar surface area (TPSA) is 92.9 Å². The molecule has 0 bridgehead atoms. The first-order valence-electron chi connectivity index (χ1n) is 10.5. The van der Waals surface area contributed by atoms with Crippen LogP contribution >= 0.6 is 0 Å². The molecule has 32 heavy (non-hydrogen) atoms. The Morgan fingerprint density at radius 1 is 1.12 bits per heavy atom. The number of para-hydroxylation sites is 2. The zero-order valence-electron chi connectivity index (χ0n) is 19.0. The summed E-state index contributed by atoms with van der Waals surface area (Å²) in [5.41, 5.74) is 0.713. The fourth-order valence-electron chi connectivity index (χ4n) is 3.06. The smallest absolute Gasteiger partial charge is 0.191 e. The number of aliphatic imine (C=N–C) groups is 1. The Balaban J connectivity index is 1.60. The van der Waals surface area contributed by atoms with Gasteiger partial charge in [0.2, 0.25) is 0 Å². The van der Waals surface area contributed by atoms with Crippen molar-refractivity contribution in [2.24, 2.45) is 12.0 Å². The minimum absolute atomic E-state index is 0.302. The van der Waals surface area contributed by atoms with E-state index in [9.17, 15) is 5.11 Å². The second-order valence-corrected chi connectivity index (χ2v) is 7.62. The van der Waals surface area contributed by atoms with Crippen LogP contribution in [0.3, 0.4) is 0 Å². The molecule has 3 N–H and O–H groups in total. The second-order valence-electron chi connectivity index (χ2n) is 7.62. The first-order valence-corrected chi connectivity index (χ1v) is 10.5. The molecule has 8 nitrogen and oxygen atoms in total. The van der Waals surface area contributed by atoms with E-state index in [-0.39, 0.29) is 0 Å². The standard InChI is InChI=1S/C24H31N5O3/c1-5-25-23(27-17-24(2,30)19-15-28-29(3)16-19)26-14-18-10-12-20(13-11-18)32-22-9-7-6-8-21(22)31-4/h6-13,15-16,30H,5,14,17H2,1-4H3,(H2,25,26,27). The summed E-state index contributed by atoms with van der Waals surface area (Å²) >= 11 is 0. The number of nitrogens with one attached hydrogen (secondary N) is 2. The van der Waals surface area contributed by atoms with E-state index in [1.54, 1.807) is 31.1 Å². The molecular weight excluding hydrogens is 406 g/mol. The molecule has 0 aliphatic rings. The average molecular weight is 438 g/mol. The Kier molecular flexibility index (Phi) is 7.72. The molecule has 170 valence electrons. The summed E-state index contributed by atoms with van der Waals surface area (Å²) in [6.45, 7) is 5.25. The average Bonchev–Trinajstić information content (AvgIpc) is 3.24. The van der Waals surface area contributed by atoms with Gasteiger partial charge in [-0.2, -0.15) is 5.10 Å². The number of nitrogens with zero attached hydrogens (tertiary/aromatic N) is 3. The molecule has 1 heterocycles. The highest BCUT2D eigenvalue weighted by molar-refractivity contribution is 5.79. The lowest BCUT2D eigenvalue weighted by atomic mass is 10.00. The summed E-state index contributed by atoms with van der Waals surface area (Å²) in [5.74, 6) is 2.70. The summed E-state index contributed by atoms with van der Waals surface area (Å²) in [7, 11) is 3.45. The monoisotopic (exact) mass is 437 g/mol. The molecule has 3 aromatic rings. The van der Waals surface area contributed by atoms with Crippen LogP contribution in [-0.4, -0.2) is 41.0 Å². The van der Waals surface area contributed by atoms with Crippen molar-refractivity contribution >= 4 is 5.96 Å². The van der Waals surface area contributed by atoms with Crippen molar-refractivity contribution in [2.45, 2.75) is 26.0 Å². The van der Waals surface area contributed by atoms with Crippen LogP contribution in [0.5, 0.6) is 17.2 Å². The highest BCUT2D eigenvalue weighted by Crippen LogP contribution is 2.30. The van der Waals surface area contributed by atoms with Crippen LogP contribution in [0, 0.1) is 0 Å². The molecule has 1 unspecified atom stereocenters. The second kappa shape index (κ2) is 10.7. The Hall–Kier alpha value is -3.52. The molecule has 0 radical (unpaired) electrons. The summed E-state index contributed by atoms with van der Waals surface area (Å²) < 4.78 is 12.9. The van der Waals surface area contributed by atoms with E-state index in [4.69, 9.17) is 9.47 Å². The van der Waals surface area contributed by atoms with Crippen LogP contribution in [0.4, 0.5) is 0 Å². The van der Waals surface area contributed by atoms with Gasteiger partial charge in [-0.15, -0.1) is 0 Å². The van der Waals surface area contributed by atoms with E-state index in [1.165, 1.54) is 0 Å². The largest absolute Gasteiger partial charge is 0.493 e. The van der Waals surface area contributed by atoms with Gasteiger partial charge in [0.1, 0.15) is 11.4 Å². The van der Waals surface area contributed by atoms with Gasteiger partial charge in [-0.05, 0) is 43.7 Å². The summed E-state index contributed by atoms with van der Waals surface area (Å²) in [4.78, 5) is 4.63. The van der Waals surface area contributed by atoms with E-state index in [0.29, 0.717) is 37.1 Å². The predicted molar refractivity (Wildman–Crippen MR) is 125 cm³/mol. The van der Waals surface area contributed by atoms with Gasteiger partial charge >= 0.3 is 0 Å². The van der Waals surface area contributed by atoms with E-state index in [2.05, 4.69) is 20.7 Å². The number of ether oxygens (including phenoxy) is 2. The van der Waals surface area contributed by atoms with Crippen molar-refractivity contribution < 1.29 is 14.6 Å². The van der Waals surface area contributed by atoms with E-state index in [0.717, 1.165) is 16.9 Å². The van der Waals surface area contributed by atoms with Crippen molar-refractivity contribution in [2.75, 3.05) is 20.2 Å². The van der Waals surface area contributed by atoms with Crippen LogP contribution in [0.15, 0.2) is 65.9 Å². The van der Waals surface area contributed by atoms with Gasteiger partial charge in [-0.25, -0.2) is 4.99 Å². The Morgan fingerprint density at radius 2 is 1.84 bits per heavy atom. The molecule has 1 aromatic heterocycles. The maximum atomic E-state index is 10.8. The zero-order chi connectivity index (χ0) is 23.0. The number of aliphatic hydroxyl groups is 1. The molecule has 2 aromatic carbocycles. The number of aryl methyl sites for hydroxylation is 1. The van der Waals surface area contributed by atoms with Gasteiger partial charge < -0.3 is 25.2 Å². The number of hydrogen-bond acceptors (Lipinski definition) is 5. The van der Waals surface area contributed by atoms with Gasteiger partial charge in [0.15, 0.2) is 17.5 Å². The normalized spacial score (nSPS) is 13.3. The maximum absolute atomic E-state index is 10.8. The predicted octanol–water partition coefficient (Wildman–Crippen LogP) is 3.18. The summed E-state index contributed by atoms with van der Waals surface area (Å²) in [6, 6.07) is 15.3. The van der Waals surface area contributed by atoms with Crippen molar-refractivity contribution in [3.05, 3.63) is 72.1 Å². The van der Waals surface area contributed by atoms with Crippen molar-refractivity contribution in [3.63, 3.8) is 0 Å². The molecular formula is C24H31N5O3. The highest BCUT2D eigenvalue weighted by atomic mass is 16.5. The third-order valence-corrected chi connectivity index (χ3v) is 4.91. The lowest BCUT2D eigenvalue weighted by Gasteiger charge is -2.23. The van der Waals surface area contributed by atoms with Gasteiger partial charge in [0.05, 0.1) is 26.4 Å². The lowest BCUT2D eigenvalue weighted by Crippen LogP contribution is -2.44. The number of benzene rings is 2. The number of aromatic nitrogens is 2. The van der Waals surface area contributed by atoms with Crippen molar-refractivity contribution in [1.82, 2.24) is 20.4 Å². The van der Waals surface area contributed by atoms with E-state index < -0.39 is 5.60 Å². The molecule has 0 aliphatic heterocycles. The third-order valence-electron chi connectivity index (χ3n) is 4.91. The van der Waals surface area contributed by atoms with Gasteiger partial charge in [0.25, 0.3) is 0 Å². The number of hydrogen-bond donors (Lipinski definition) is 3. The number of guanidine groups is 1. The Morgan fingerprint density at radius 3 is 2.47 bits per heavy atom. The summed E-state index contributed by atoms with van der Waals surface area (Å²) in [6.07, 6.45) is 3.47. The Labute approximate surface area is 188 Å². The molecule has 0 saturated heterocycles. The fraction of sp³-hybridized carbons (Fsp3) is 0.333. The zero-order valence-corrected chi connectivity index (χ0v) is 19.0. The van der Waals surface area contributed by atoms with Crippen LogP contribution in [0.2, 0.25) is 0 Å². The molecule has 0 fully saturated rings. The molecule has 0 saturated carbocycles. The fourth-order valence-corrected chi connectivity index (χ4v) is 3.06.